The first-order valence-electron chi connectivity index (χ1n) is 5.33. The highest BCUT2D eigenvalue weighted by Gasteiger charge is 2.12. The van der Waals surface area contributed by atoms with E-state index in [2.05, 4.69) is 25.9 Å². The van der Waals surface area contributed by atoms with E-state index in [0.29, 0.717) is 11.4 Å². The standard InChI is InChI=1S/C13H11BrN2O2/c1-7-3-4-9(14)6-10(7)11-5-8(2)15-12(16-11)13(17)18/h3-6H,1-2H3,(H,17,18). The largest absolute Gasteiger partial charge is 0.475 e. The normalized spacial score (nSPS) is 10.4. The number of carbonyl (C=O) groups is 1. The first-order valence-corrected chi connectivity index (χ1v) is 6.12. The molecule has 18 heavy (non-hydrogen) atoms. The number of rotatable bonds is 2. The fraction of sp³-hybridized carbons (Fsp3) is 0.154. The molecule has 0 unspecified atom stereocenters. The van der Waals surface area contributed by atoms with Crippen molar-refractivity contribution >= 4 is 21.9 Å². The van der Waals surface area contributed by atoms with Crippen molar-refractivity contribution < 1.29 is 9.90 Å². The average molecular weight is 307 g/mol. The van der Waals surface area contributed by atoms with Gasteiger partial charge in [-0.2, -0.15) is 0 Å². The van der Waals surface area contributed by atoms with Gasteiger partial charge in [0.25, 0.3) is 0 Å². The van der Waals surface area contributed by atoms with Gasteiger partial charge in [0, 0.05) is 15.7 Å². The molecule has 0 saturated heterocycles. The predicted molar refractivity (Wildman–Crippen MR) is 71.6 cm³/mol. The van der Waals surface area contributed by atoms with Gasteiger partial charge in [-0.25, -0.2) is 14.8 Å². The molecule has 1 N–H and O–H groups in total. The lowest BCUT2D eigenvalue weighted by atomic mass is 10.1. The maximum Gasteiger partial charge on any atom is 0.373 e. The molecule has 2 rings (SSSR count). The van der Waals surface area contributed by atoms with Crippen molar-refractivity contribution in [1.29, 1.82) is 0 Å². The Hall–Kier alpha value is -1.75. The van der Waals surface area contributed by atoms with E-state index in [1.165, 1.54) is 0 Å². The maximum absolute atomic E-state index is 11.0. The van der Waals surface area contributed by atoms with Gasteiger partial charge in [-0.15, -0.1) is 0 Å². The van der Waals surface area contributed by atoms with Crippen LogP contribution in [0.3, 0.4) is 0 Å². The van der Waals surface area contributed by atoms with E-state index in [9.17, 15) is 4.79 Å². The van der Waals surface area contributed by atoms with Crippen LogP contribution in [0.15, 0.2) is 28.7 Å². The quantitative estimate of drug-likeness (QED) is 0.925. The Morgan fingerprint density at radius 1 is 1.22 bits per heavy atom. The van der Waals surface area contributed by atoms with E-state index in [1.807, 2.05) is 25.1 Å². The summed E-state index contributed by atoms with van der Waals surface area (Å²) in [6.07, 6.45) is 0. The molecule has 4 nitrogen and oxygen atoms in total. The number of aromatic nitrogens is 2. The maximum atomic E-state index is 11.0. The minimum Gasteiger partial charge on any atom is -0.475 e. The first kappa shape index (κ1) is 12.7. The van der Waals surface area contributed by atoms with Gasteiger partial charge in [0.15, 0.2) is 0 Å². The molecule has 5 heteroatoms. The second-order valence-electron chi connectivity index (χ2n) is 3.98. The van der Waals surface area contributed by atoms with Crippen LogP contribution in [0.5, 0.6) is 0 Å². The molecule has 0 saturated carbocycles. The number of hydrogen-bond donors (Lipinski definition) is 1. The molecule has 0 aliphatic rings. The minimum atomic E-state index is -1.12. The average Bonchev–Trinajstić information content (AvgIpc) is 2.31. The fourth-order valence-corrected chi connectivity index (χ4v) is 2.03. The first-order chi connectivity index (χ1) is 8.47. The van der Waals surface area contributed by atoms with Crippen molar-refractivity contribution in [2.45, 2.75) is 13.8 Å². The van der Waals surface area contributed by atoms with Gasteiger partial charge in [-0.3, -0.25) is 0 Å². The third kappa shape index (κ3) is 2.56. The van der Waals surface area contributed by atoms with E-state index in [-0.39, 0.29) is 5.82 Å². The van der Waals surface area contributed by atoms with Crippen molar-refractivity contribution in [1.82, 2.24) is 9.97 Å². The van der Waals surface area contributed by atoms with Gasteiger partial charge >= 0.3 is 5.97 Å². The number of hydrogen-bond acceptors (Lipinski definition) is 3. The lowest BCUT2D eigenvalue weighted by molar-refractivity contribution is 0.0683. The highest BCUT2D eigenvalue weighted by Crippen LogP contribution is 2.25. The summed E-state index contributed by atoms with van der Waals surface area (Å²) in [7, 11) is 0. The number of carboxylic acids is 1. The minimum absolute atomic E-state index is 0.177. The van der Waals surface area contributed by atoms with Gasteiger partial charge < -0.3 is 5.11 Å². The summed E-state index contributed by atoms with van der Waals surface area (Å²) in [4.78, 5) is 18.9. The number of aromatic carboxylic acids is 1. The zero-order valence-electron chi connectivity index (χ0n) is 9.94. The molecule has 0 aliphatic carbocycles. The number of benzene rings is 1. The Bertz CT molecular complexity index is 626. The molecule has 0 fully saturated rings. The molecule has 92 valence electrons. The SMILES string of the molecule is Cc1cc(-c2cc(Br)ccc2C)nc(C(=O)O)n1. The van der Waals surface area contributed by atoms with E-state index in [0.717, 1.165) is 15.6 Å². The molecule has 1 aromatic carbocycles. The highest BCUT2D eigenvalue weighted by atomic mass is 79.9. The Morgan fingerprint density at radius 3 is 2.61 bits per heavy atom. The highest BCUT2D eigenvalue weighted by molar-refractivity contribution is 9.10. The zero-order chi connectivity index (χ0) is 13.3. The zero-order valence-corrected chi connectivity index (χ0v) is 11.5. The van der Waals surface area contributed by atoms with Gasteiger partial charge in [-0.05, 0) is 37.6 Å². The van der Waals surface area contributed by atoms with Crippen LogP contribution in [0.2, 0.25) is 0 Å². The molecule has 0 bridgehead atoms. The molecule has 0 aliphatic heterocycles. The summed E-state index contributed by atoms with van der Waals surface area (Å²) in [6, 6.07) is 7.59. The molecule has 0 atom stereocenters. The second-order valence-corrected chi connectivity index (χ2v) is 4.90. The topological polar surface area (TPSA) is 63.1 Å². The van der Waals surface area contributed by atoms with Crippen LogP contribution in [0.25, 0.3) is 11.3 Å². The lowest BCUT2D eigenvalue weighted by Crippen LogP contribution is -2.06. The van der Waals surface area contributed by atoms with E-state index >= 15 is 0 Å². The van der Waals surface area contributed by atoms with Gasteiger partial charge in [0.1, 0.15) is 0 Å². The summed E-state index contributed by atoms with van der Waals surface area (Å²) in [6.45, 7) is 3.71. The molecule has 0 radical (unpaired) electrons. The van der Waals surface area contributed by atoms with Crippen LogP contribution in [0.1, 0.15) is 21.9 Å². The van der Waals surface area contributed by atoms with Crippen LogP contribution in [-0.4, -0.2) is 21.0 Å². The Balaban J connectivity index is 2.63. The molecule has 1 heterocycles. The van der Waals surface area contributed by atoms with Crippen LogP contribution in [0, 0.1) is 13.8 Å². The van der Waals surface area contributed by atoms with E-state index in [1.54, 1.807) is 13.0 Å². The van der Waals surface area contributed by atoms with E-state index < -0.39 is 5.97 Å². The molecule has 1 aromatic heterocycles. The van der Waals surface area contributed by atoms with E-state index in [4.69, 9.17) is 5.11 Å². The Kier molecular flexibility index (Phi) is 3.43. The summed E-state index contributed by atoms with van der Waals surface area (Å²) < 4.78 is 0.927. The number of nitrogens with zero attached hydrogens (tertiary/aromatic N) is 2. The van der Waals surface area contributed by atoms with Gasteiger partial charge in [0.05, 0.1) is 5.69 Å². The lowest BCUT2D eigenvalue weighted by Gasteiger charge is -2.07. The van der Waals surface area contributed by atoms with Crippen LogP contribution in [-0.2, 0) is 0 Å². The smallest absolute Gasteiger partial charge is 0.373 e. The molecular weight excluding hydrogens is 296 g/mol. The van der Waals surface area contributed by atoms with Crippen LogP contribution >= 0.6 is 15.9 Å². The third-order valence-corrected chi connectivity index (χ3v) is 3.01. The molecule has 2 aromatic rings. The van der Waals surface area contributed by atoms with Crippen molar-refractivity contribution in [3.05, 3.63) is 45.8 Å². The molecular formula is C13H11BrN2O2. The van der Waals surface area contributed by atoms with Crippen molar-refractivity contribution in [2.75, 3.05) is 0 Å². The Morgan fingerprint density at radius 2 is 1.94 bits per heavy atom. The Labute approximate surface area is 113 Å². The third-order valence-electron chi connectivity index (χ3n) is 2.52. The monoisotopic (exact) mass is 306 g/mol. The van der Waals surface area contributed by atoms with Crippen molar-refractivity contribution in [3.63, 3.8) is 0 Å². The number of halogens is 1. The molecule has 0 spiro atoms. The fourth-order valence-electron chi connectivity index (χ4n) is 1.67. The van der Waals surface area contributed by atoms with Crippen molar-refractivity contribution in [3.8, 4) is 11.3 Å². The summed E-state index contributed by atoms with van der Waals surface area (Å²) >= 11 is 3.40. The molecule has 0 amide bonds. The van der Waals surface area contributed by atoms with Crippen LogP contribution in [0.4, 0.5) is 0 Å². The van der Waals surface area contributed by atoms with Crippen molar-refractivity contribution in [2.24, 2.45) is 0 Å². The summed E-state index contributed by atoms with van der Waals surface area (Å²) in [5, 5.41) is 8.97. The summed E-state index contributed by atoms with van der Waals surface area (Å²) in [5.41, 5.74) is 3.19. The second kappa shape index (κ2) is 4.86. The predicted octanol–water partition coefficient (Wildman–Crippen LogP) is 3.22. The van der Waals surface area contributed by atoms with Gasteiger partial charge in [0.2, 0.25) is 5.82 Å². The number of carboxylic acid groups (broad SMARTS) is 1. The summed E-state index contributed by atoms with van der Waals surface area (Å²) in [5.74, 6) is -1.29. The number of aryl methyl sites for hydroxylation is 2. The van der Waals surface area contributed by atoms with Crippen LogP contribution < -0.4 is 0 Å². The van der Waals surface area contributed by atoms with Gasteiger partial charge in [-0.1, -0.05) is 22.0 Å².